The number of nitrogens with zero attached hydrogens (tertiary/aromatic N) is 4. The molecule has 2 aromatic heterocycles. The van der Waals surface area contributed by atoms with Gasteiger partial charge in [0, 0.05) is 16.0 Å². The van der Waals surface area contributed by atoms with E-state index in [0.29, 0.717) is 10.8 Å². The number of halogens is 1. The molecule has 4 rings (SSSR count). The van der Waals surface area contributed by atoms with Gasteiger partial charge in [-0.3, -0.25) is 4.79 Å². The van der Waals surface area contributed by atoms with Crippen LogP contribution in [0.5, 0.6) is 0 Å². The number of rotatable bonds is 6. The minimum absolute atomic E-state index is 0.0198. The Kier molecular flexibility index (Phi) is 5.45. The molecule has 2 aromatic carbocycles. The molecule has 6 nitrogen and oxygen atoms in total. The van der Waals surface area contributed by atoms with Crippen LogP contribution in [0.3, 0.4) is 0 Å². The molecule has 4 aromatic rings. The van der Waals surface area contributed by atoms with E-state index in [1.807, 2.05) is 71.4 Å². The number of amides is 1. The van der Waals surface area contributed by atoms with Crippen molar-refractivity contribution >= 4 is 28.8 Å². The maximum Gasteiger partial charge on any atom is 0.244 e. The number of thiophene rings is 1. The monoisotopic (exact) mass is 409 g/mol. The molecule has 1 N–H and O–H groups in total. The third-order valence-corrected chi connectivity index (χ3v) is 5.09. The summed E-state index contributed by atoms with van der Waals surface area (Å²) in [5.74, 6) is 0.296. The highest BCUT2D eigenvalue weighted by atomic mass is 35.5. The summed E-state index contributed by atoms with van der Waals surface area (Å²) < 4.78 is 0. The van der Waals surface area contributed by atoms with Crippen molar-refractivity contribution in [3.8, 4) is 11.4 Å². The van der Waals surface area contributed by atoms with Crippen molar-refractivity contribution in [1.29, 1.82) is 0 Å². The lowest BCUT2D eigenvalue weighted by atomic mass is 9.99. The molecule has 28 heavy (non-hydrogen) atoms. The lowest BCUT2D eigenvalue weighted by molar-refractivity contribution is -0.122. The van der Waals surface area contributed by atoms with Crippen LogP contribution in [0.1, 0.15) is 17.2 Å². The van der Waals surface area contributed by atoms with Gasteiger partial charge in [-0.15, -0.1) is 10.2 Å². The van der Waals surface area contributed by atoms with Crippen LogP contribution in [0.15, 0.2) is 71.4 Å². The van der Waals surface area contributed by atoms with Gasteiger partial charge in [0.25, 0.3) is 0 Å². The predicted octanol–water partition coefficient (Wildman–Crippen LogP) is 3.96. The number of aromatic nitrogens is 4. The summed E-state index contributed by atoms with van der Waals surface area (Å²) in [6.45, 7) is -0.0198. The predicted molar refractivity (Wildman–Crippen MR) is 109 cm³/mol. The molecule has 0 saturated carbocycles. The van der Waals surface area contributed by atoms with Gasteiger partial charge >= 0.3 is 0 Å². The average Bonchev–Trinajstić information content (AvgIpc) is 3.39. The van der Waals surface area contributed by atoms with E-state index in [4.69, 9.17) is 11.6 Å². The Morgan fingerprint density at radius 1 is 1.07 bits per heavy atom. The largest absolute Gasteiger partial charge is 0.344 e. The highest BCUT2D eigenvalue weighted by molar-refractivity contribution is 7.08. The second-order valence-electron chi connectivity index (χ2n) is 6.12. The van der Waals surface area contributed by atoms with Crippen molar-refractivity contribution in [3.05, 3.63) is 87.6 Å². The number of nitrogens with one attached hydrogen (secondary N) is 1. The Labute approximate surface area is 170 Å². The molecular weight excluding hydrogens is 394 g/mol. The topological polar surface area (TPSA) is 72.7 Å². The molecule has 1 atom stereocenters. The Morgan fingerprint density at radius 2 is 1.82 bits per heavy atom. The Bertz CT molecular complexity index is 1050. The Balaban J connectivity index is 1.52. The molecule has 0 bridgehead atoms. The number of tetrazole rings is 1. The number of carbonyl (C=O) groups excluding carboxylic acids is 1. The fourth-order valence-electron chi connectivity index (χ4n) is 2.81. The first-order valence-corrected chi connectivity index (χ1v) is 9.91. The van der Waals surface area contributed by atoms with Gasteiger partial charge in [0.15, 0.2) is 0 Å². The molecule has 0 aliphatic rings. The summed E-state index contributed by atoms with van der Waals surface area (Å²) in [4.78, 5) is 14.0. The van der Waals surface area contributed by atoms with Crippen LogP contribution in [0, 0.1) is 0 Å². The quantitative estimate of drug-likeness (QED) is 0.523. The second kappa shape index (κ2) is 8.33. The van der Waals surface area contributed by atoms with Gasteiger partial charge in [0.2, 0.25) is 11.7 Å². The highest BCUT2D eigenvalue weighted by Gasteiger charge is 2.18. The Morgan fingerprint density at radius 3 is 2.54 bits per heavy atom. The number of carbonyl (C=O) groups is 1. The SMILES string of the molecule is O=C(Cn1nnc(-c2ccsc2)n1)NC(c1ccccc1)c1ccc(Cl)cc1. The third kappa shape index (κ3) is 4.27. The van der Waals surface area contributed by atoms with Gasteiger partial charge in [0.1, 0.15) is 6.54 Å². The van der Waals surface area contributed by atoms with Crippen molar-refractivity contribution in [3.63, 3.8) is 0 Å². The van der Waals surface area contributed by atoms with Gasteiger partial charge in [-0.05, 0) is 39.9 Å². The lowest BCUT2D eigenvalue weighted by Gasteiger charge is -2.19. The van der Waals surface area contributed by atoms with Crippen molar-refractivity contribution in [2.24, 2.45) is 0 Å². The summed E-state index contributed by atoms with van der Waals surface area (Å²) in [6, 6.07) is 18.8. The van der Waals surface area contributed by atoms with Crippen LogP contribution in [-0.4, -0.2) is 26.1 Å². The molecule has 1 amide bonds. The molecule has 140 valence electrons. The summed E-state index contributed by atoms with van der Waals surface area (Å²) in [6.07, 6.45) is 0. The van der Waals surface area contributed by atoms with E-state index in [1.54, 1.807) is 11.3 Å². The minimum atomic E-state index is -0.300. The molecule has 8 heteroatoms. The van der Waals surface area contributed by atoms with Crippen molar-refractivity contribution in [1.82, 2.24) is 25.5 Å². The smallest absolute Gasteiger partial charge is 0.244 e. The summed E-state index contributed by atoms with van der Waals surface area (Å²) in [7, 11) is 0. The molecule has 0 radical (unpaired) electrons. The number of hydrogen-bond acceptors (Lipinski definition) is 5. The third-order valence-electron chi connectivity index (χ3n) is 4.16. The summed E-state index contributed by atoms with van der Waals surface area (Å²) >= 11 is 7.56. The van der Waals surface area contributed by atoms with Crippen LogP contribution < -0.4 is 5.32 Å². The van der Waals surface area contributed by atoms with Crippen LogP contribution in [0.2, 0.25) is 5.02 Å². The van der Waals surface area contributed by atoms with Crippen LogP contribution in [0.4, 0.5) is 0 Å². The van der Waals surface area contributed by atoms with E-state index in [-0.39, 0.29) is 18.5 Å². The van der Waals surface area contributed by atoms with Crippen LogP contribution >= 0.6 is 22.9 Å². The first kappa shape index (κ1) is 18.3. The lowest BCUT2D eigenvalue weighted by Crippen LogP contribution is -2.32. The highest BCUT2D eigenvalue weighted by Crippen LogP contribution is 2.23. The fourth-order valence-corrected chi connectivity index (χ4v) is 3.57. The molecule has 0 aliphatic heterocycles. The van der Waals surface area contributed by atoms with Crippen molar-refractivity contribution in [2.75, 3.05) is 0 Å². The minimum Gasteiger partial charge on any atom is -0.344 e. The Hall–Kier alpha value is -3.03. The standard InChI is InChI=1S/C20H16ClN5OS/c21-17-8-6-15(7-9-17)19(14-4-2-1-3-5-14)22-18(27)12-26-24-20(23-25-26)16-10-11-28-13-16/h1-11,13,19H,12H2,(H,22,27). The normalized spacial score (nSPS) is 11.9. The van der Waals surface area contributed by atoms with E-state index < -0.39 is 0 Å². The van der Waals surface area contributed by atoms with Crippen molar-refractivity contribution < 1.29 is 4.79 Å². The molecule has 0 spiro atoms. The van der Waals surface area contributed by atoms with Gasteiger partial charge in [-0.2, -0.15) is 16.1 Å². The molecule has 2 heterocycles. The van der Waals surface area contributed by atoms with Crippen molar-refractivity contribution in [2.45, 2.75) is 12.6 Å². The van der Waals surface area contributed by atoms with E-state index in [2.05, 4.69) is 20.7 Å². The molecule has 0 aliphatic carbocycles. The van der Waals surface area contributed by atoms with Crippen LogP contribution in [-0.2, 0) is 11.3 Å². The summed E-state index contributed by atoms with van der Waals surface area (Å²) in [5, 5.41) is 19.9. The van der Waals surface area contributed by atoms with E-state index in [1.165, 1.54) is 4.80 Å². The molecule has 0 fully saturated rings. The molecule has 1 unspecified atom stereocenters. The summed E-state index contributed by atoms with van der Waals surface area (Å²) in [5.41, 5.74) is 2.80. The zero-order valence-corrected chi connectivity index (χ0v) is 16.3. The maximum absolute atomic E-state index is 12.7. The van der Waals surface area contributed by atoms with Gasteiger partial charge in [-0.1, -0.05) is 54.1 Å². The zero-order chi connectivity index (χ0) is 19.3. The van der Waals surface area contributed by atoms with Gasteiger partial charge < -0.3 is 5.32 Å². The first-order chi connectivity index (χ1) is 13.7. The maximum atomic E-state index is 12.7. The molecule has 0 saturated heterocycles. The first-order valence-electron chi connectivity index (χ1n) is 8.59. The number of hydrogen-bond donors (Lipinski definition) is 1. The zero-order valence-electron chi connectivity index (χ0n) is 14.7. The van der Waals surface area contributed by atoms with E-state index >= 15 is 0 Å². The molecular formula is C20H16ClN5OS. The van der Waals surface area contributed by atoms with Gasteiger partial charge in [0.05, 0.1) is 6.04 Å². The fraction of sp³-hybridized carbons (Fsp3) is 0.100. The average molecular weight is 410 g/mol. The van der Waals surface area contributed by atoms with E-state index in [9.17, 15) is 4.79 Å². The van der Waals surface area contributed by atoms with Gasteiger partial charge in [-0.25, -0.2) is 0 Å². The van der Waals surface area contributed by atoms with E-state index in [0.717, 1.165) is 16.7 Å². The number of benzene rings is 2. The van der Waals surface area contributed by atoms with Crippen LogP contribution in [0.25, 0.3) is 11.4 Å². The second-order valence-corrected chi connectivity index (χ2v) is 7.33.